The minimum absolute atomic E-state index is 0.263. The average Bonchev–Trinajstić information content (AvgIpc) is 2.69. The van der Waals surface area contributed by atoms with Crippen molar-refractivity contribution in [2.45, 2.75) is 20.4 Å². The van der Waals surface area contributed by atoms with Crippen molar-refractivity contribution in [2.75, 3.05) is 6.61 Å². The lowest BCUT2D eigenvalue weighted by Gasteiger charge is -2.06. The predicted molar refractivity (Wildman–Crippen MR) is 72.4 cm³/mol. The van der Waals surface area contributed by atoms with Crippen LogP contribution in [0.25, 0.3) is 11.3 Å². The summed E-state index contributed by atoms with van der Waals surface area (Å²) in [5.41, 5.74) is 8.07. The molecular weight excluding hydrogens is 245 g/mol. The number of nitrogens with zero attached hydrogens (tertiary/aromatic N) is 2. The molecule has 0 amide bonds. The topological polar surface area (TPSA) is 53.1 Å². The second-order valence-electron chi connectivity index (χ2n) is 4.30. The maximum absolute atomic E-state index is 13.9. The van der Waals surface area contributed by atoms with Crippen molar-refractivity contribution in [3.05, 3.63) is 35.5 Å². The Labute approximate surface area is 112 Å². The van der Waals surface area contributed by atoms with Crippen LogP contribution in [-0.4, -0.2) is 16.2 Å². The highest BCUT2D eigenvalue weighted by molar-refractivity contribution is 5.63. The zero-order chi connectivity index (χ0) is 14.0. The molecule has 0 aliphatic rings. The predicted octanol–water partition coefficient (Wildman–Crippen LogP) is 2.39. The Hall–Kier alpha value is -1.88. The SMILES string of the molecule is CCOc1ccc(-c2nc(CN)n(C)c2C)cc1F. The summed E-state index contributed by atoms with van der Waals surface area (Å²) in [7, 11) is 1.90. The van der Waals surface area contributed by atoms with Crippen molar-refractivity contribution in [2.24, 2.45) is 12.8 Å². The Morgan fingerprint density at radius 2 is 2.16 bits per heavy atom. The summed E-state index contributed by atoms with van der Waals surface area (Å²) in [6.45, 7) is 4.56. The van der Waals surface area contributed by atoms with Crippen LogP contribution in [0.15, 0.2) is 18.2 Å². The van der Waals surface area contributed by atoms with E-state index < -0.39 is 0 Å². The summed E-state index contributed by atoms with van der Waals surface area (Å²) >= 11 is 0. The zero-order valence-electron chi connectivity index (χ0n) is 11.4. The summed E-state index contributed by atoms with van der Waals surface area (Å²) in [4.78, 5) is 4.45. The van der Waals surface area contributed by atoms with Gasteiger partial charge in [-0.3, -0.25) is 0 Å². The van der Waals surface area contributed by atoms with Crippen molar-refractivity contribution in [3.63, 3.8) is 0 Å². The Kier molecular flexibility index (Phi) is 3.85. The molecule has 0 fully saturated rings. The minimum Gasteiger partial charge on any atom is -0.491 e. The largest absolute Gasteiger partial charge is 0.491 e. The number of nitrogens with two attached hydrogens (primary N) is 1. The highest BCUT2D eigenvalue weighted by atomic mass is 19.1. The van der Waals surface area contributed by atoms with Gasteiger partial charge in [0.1, 0.15) is 5.82 Å². The fraction of sp³-hybridized carbons (Fsp3) is 0.357. The molecule has 1 heterocycles. The molecule has 0 saturated carbocycles. The molecule has 0 aliphatic carbocycles. The van der Waals surface area contributed by atoms with Crippen molar-refractivity contribution in [1.29, 1.82) is 0 Å². The van der Waals surface area contributed by atoms with Crippen LogP contribution in [0.5, 0.6) is 5.75 Å². The van der Waals surface area contributed by atoms with E-state index in [4.69, 9.17) is 10.5 Å². The van der Waals surface area contributed by atoms with Crippen molar-refractivity contribution >= 4 is 0 Å². The number of aromatic nitrogens is 2. The Morgan fingerprint density at radius 1 is 1.42 bits per heavy atom. The normalized spacial score (nSPS) is 10.8. The average molecular weight is 263 g/mol. The van der Waals surface area contributed by atoms with Crippen LogP contribution < -0.4 is 10.5 Å². The van der Waals surface area contributed by atoms with Gasteiger partial charge in [-0.1, -0.05) is 0 Å². The first-order valence-electron chi connectivity index (χ1n) is 6.23. The summed E-state index contributed by atoms with van der Waals surface area (Å²) < 4.78 is 21.0. The number of halogens is 1. The number of hydrogen-bond acceptors (Lipinski definition) is 3. The van der Waals surface area contributed by atoms with E-state index in [0.29, 0.717) is 13.2 Å². The van der Waals surface area contributed by atoms with E-state index in [1.165, 1.54) is 6.07 Å². The molecule has 0 spiro atoms. The summed E-state index contributed by atoms with van der Waals surface area (Å²) in [5, 5.41) is 0. The molecule has 102 valence electrons. The molecule has 1 aromatic carbocycles. The van der Waals surface area contributed by atoms with Gasteiger partial charge in [-0.05, 0) is 32.0 Å². The van der Waals surface area contributed by atoms with Gasteiger partial charge < -0.3 is 15.0 Å². The number of ether oxygens (including phenoxy) is 1. The van der Waals surface area contributed by atoms with Crippen LogP contribution in [0.4, 0.5) is 4.39 Å². The van der Waals surface area contributed by atoms with Gasteiger partial charge in [0.25, 0.3) is 0 Å². The fourth-order valence-corrected chi connectivity index (χ4v) is 2.01. The van der Waals surface area contributed by atoms with E-state index in [1.54, 1.807) is 6.07 Å². The molecule has 1 aromatic heterocycles. The maximum Gasteiger partial charge on any atom is 0.165 e. The smallest absolute Gasteiger partial charge is 0.165 e. The molecule has 2 N–H and O–H groups in total. The van der Waals surface area contributed by atoms with Crippen LogP contribution in [0.2, 0.25) is 0 Å². The summed E-state index contributed by atoms with van der Waals surface area (Å²) in [5.74, 6) is 0.666. The van der Waals surface area contributed by atoms with Gasteiger partial charge in [0, 0.05) is 18.3 Å². The van der Waals surface area contributed by atoms with Gasteiger partial charge in [-0.25, -0.2) is 9.37 Å². The van der Waals surface area contributed by atoms with Crippen molar-refractivity contribution in [1.82, 2.24) is 9.55 Å². The first kappa shape index (κ1) is 13.5. The maximum atomic E-state index is 13.9. The van der Waals surface area contributed by atoms with Crippen LogP contribution in [0.3, 0.4) is 0 Å². The van der Waals surface area contributed by atoms with Crippen molar-refractivity contribution in [3.8, 4) is 17.0 Å². The third kappa shape index (κ3) is 2.46. The fourth-order valence-electron chi connectivity index (χ4n) is 2.01. The van der Waals surface area contributed by atoms with Crippen LogP contribution in [-0.2, 0) is 13.6 Å². The van der Waals surface area contributed by atoms with E-state index in [-0.39, 0.29) is 11.6 Å². The van der Waals surface area contributed by atoms with Gasteiger partial charge in [0.15, 0.2) is 11.6 Å². The molecule has 2 rings (SSSR count). The Bertz CT molecular complexity index is 593. The monoisotopic (exact) mass is 263 g/mol. The molecule has 0 bridgehead atoms. The molecule has 0 saturated heterocycles. The summed E-state index contributed by atoms with van der Waals surface area (Å²) in [6, 6.07) is 4.88. The molecule has 0 atom stereocenters. The van der Waals surface area contributed by atoms with Gasteiger partial charge in [0.2, 0.25) is 0 Å². The second kappa shape index (κ2) is 5.40. The second-order valence-corrected chi connectivity index (χ2v) is 4.30. The zero-order valence-corrected chi connectivity index (χ0v) is 11.4. The van der Waals surface area contributed by atoms with Gasteiger partial charge in [0.05, 0.1) is 18.8 Å². The van der Waals surface area contributed by atoms with E-state index >= 15 is 0 Å². The lowest BCUT2D eigenvalue weighted by Crippen LogP contribution is -2.05. The minimum atomic E-state index is -0.376. The lowest BCUT2D eigenvalue weighted by atomic mass is 10.1. The first-order valence-corrected chi connectivity index (χ1v) is 6.23. The lowest BCUT2D eigenvalue weighted by molar-refractivity contribution is 0.321. The molecule has 0 unspecified atom stereocenters. The number of benzene rings is 1. The quantitative estimate of drug-likeness (QED) is 0.921. The summed E-state index contributed by atoms with van der Waals surface area (Å²) in [6.07, 6.45) is 0. The third-order valence-corrected chi connectivity index (χ3v) is 3.16. The van der Waals surface area contributed by atoms with Crippen LogP contribution in [0, 0.1) is 12.7 Å². The Morgan fingerprint density at radius 3 is 2.68 bits per heavy atom. The van der Waals surface area contributed by atoms with E-state index in [1.807, 2.05) is 31.5 Å². The van der Waals surface area contributed by atoms with Gasteiger partial charge in [-0.2, -0.15) is 0 Å². The molecular formula is C14H18FN3O. The Balaban J connectivity index is 2.45. The standard InChI is InChI=1S/C14H18FN3O/c1-4-19-12-6-5-10(7-11(12)15)14-9(2)18(3)13(8-16)17-14/h5-7H,4,8,16H2,1-3H3. The van der Waals surface area contributed by atoms with E-state index in [0.717, 1.165) is 22.8 Å². The van der Waals surface area contributed by atoms with Crippen molar-refractivity contribution < 1.29 is 9.13 Å². The number of rotatable bonds is 4. The molecule has 2 aromatic rings. The molecule has 4 nitrogen and oxygen atoms in total. The van der Waals surface area contributed by atoms with E-state index in [2.05, 4.69) is 4.98 Å². The highest BCUT2D eigenvalue weighted by Gasteiger charge is 2.14. The molecule has 19 heavy (non-hydrogen) atoms. The first-order chi connectivity index (χ1) is 9.08. The van der Waals surface area contributed by atoms with Gasteiger partial charge in [-0.15, -0.1) is 0 Å². The number of hydrogen-bond donors (Lipinski definition) is 1. The third-order valence-electron chi connectivity index (χ3n) is 3.16. The van der Waals surface area contributed by atoms with Gasteiger partial charge >= 0.3 is 0 Å². The molecule has 0 radical (unpaired) electrons. The van der Waals surface area contributed by atoms with E-state index in [9.17, 15) is 4.39 Å². The van der Waals surface area contributed by atoms with Crippen LogP contribution in [0.1, 0.15) is 18.4 Å². The highest BCUT2D eigenvalue weighted by Crippen LogP contribution is 2.27. The number of imidazole rings is 1. The molecule has 0 aliphatic heterocycles. The molecule has 5 heteroatoms. The van der Waals surface area contributed by atoms with Crippen LogP contribution >= 0.6 is 0 Å².